The molecule has 1 unspecified atom stereocenters. The van der Waals surface area contributed by atoms with E-state index in [0.717, 1.165) is 61.6 Å². The minimum Gasteiger partial charge on any atom is -0.490 e. The van der Waals surface area contributed by atoms with Gasteiger partial charge in [0.2, 0.25) is 0 Å². The second kappa shape index (κ2) is 10.5. The lowest BCUT2D eigenvalue weighted by atomic mass is 10.1. The van der Waals surface area contributed by atoms with Crippen molar-refractivity contribution in [3.63, 3.8) is 0 Å². The summed E-state index contributed by atoms with van der Waals surface area (Å²) in [6, 6.07) is 9.94. The summed E-state index contributed by atoms with van der Waals surface area (Å²) < 4.78 is 19.7. The quantitative estimate of drug-likeness (QED) is 0.491. The van der Waals surface area contributed by atoms with E-state index in [9.17, 15) is 4.79 Å². The molecule has 7 nitrogen and oxygen atoms in total. The Hall–Kier alpha value is -2.00. The number of hydroxylamine groups is 1. The molecule has 2 aliphatic heterocycles. The zero-order chi connectivity index (χ0) is 21.6. The number of para-hydroxylation sites is 1. The van der Waals surface area contributed by atoms with Crippen LogP contribution < -0.4 is 10.2 Å². The molecule has 1 atom stereocenters. The summed E-state index contributed by atoms with van der Waals surface area (Å²) in [5.41, 5.74) is 3.09. The predicted molar refractivity (Wildman–Crippen MR) is 118 cm³/mol. The van der Waals surface area contributed by atoms with E-state index < -0.39 is 0 Å². The van der Waals surface area contributed by atoms with Gasteiger partial charge in [0.15, 0.2) is 6.29 Å². The summed E-state index contributed by atoms with van der Waals surface area (Å²) in [5, 5.41) is 0. The number of nitrogens with one attached hydrogen (secondary N) is 1. The molecule has 1 aromatic heterocycles. The van der Waals surface area contributed by atoms with Crippen LogP contribution in [0.15, 0.2) is 39.6 Å². The minimum absolute atomic E-state index is 0.207. The highest BCUT2D eigenvalue weighted by Crippen LogP contribution is 2.35. The first-order chi connectivity index (χ1) is 15.1. The van der Waals surface area contributed by atoms with Crippen molar-refractivity contribution < 1.29 is 23.5 Å². The maximum atomic E-state index is 12.8. The zero-order valence-electron chi connectivity index (χ0n) is 18.1. The Bertz CT molecular complexity index is 858. The number of hydrogen-bond donors (Lipinski definition) is 1. The molecule has 2 aliphatic rings. The Morgan fingerprint density at radius 1 is 1.10 bits per heavy atom. The van der Waals surface area contributed by atoms with Gasteiger partial charge in [-0.1, -0.05) is 18.2 Å². The molecule has 31 heavy (non-hydrogen) atoms. The van der Waals surface area contributed by atoms with Crippen molar-refractivity contribution >= 4 is 17.9 Å². The Morgan fingerprint density at radius 2 is 1.87 bits per heavy atom. The summed E-state index contributed by atoms with van der Waals surface area (Å²) in [6.07, 6.45) is 4.54. The third-order valence-corrected chi connectivity index (χ3v) is 6.82. The summed E-state index contributed by atoms with van der Waals surface area (Å²) in [4.78, 5) is 19.2. The molecule has 0 saturated carbocycles. The molecule has 0 aliphatic carbocycles. The van der Waals surface area contributed by atoms with Crippen LogP contribution in [-0.2, 0) is 9.57 Å². The smallest absolute Gasteiger partial charge is 0.279 e. The fourth-order valence-electron chi connectivity index (χ4n) is 3.87. The summed E-state index contributed by atoms with van der Waals surface area (Å²) >= 11 is 1.57. The number of furan rings is 1. The van der Waals surface area contributed by atoms with Crippen LogP contribution in [0.3, 0.4) is 0 Å². The van der Waals surface area contributed by atoms with Gasteiger partial charge in [0.05, 0.1) is 10.5 Å². The lowest BCUT2D eigenvalue weighted by Crippen LogP contribution is -2.35. The number of benzene rings is 1. The lowest BCUT2D eigenvalue weighted by molar-refractivity contribution is -0.186. The molecule has 4 rings (SSSR count). The second-order valence-electron chi connectivity index (χ2n) is 7.91. The van der Waals surface area contributed by atoms with Crippen molar-refractivity contribution in [3.05, 3.63) is 47.4 Å². The molecular weight excluding hydrogens is 416 g/mol. The monoisotopic (exact) mass is 446 g/mol. The average Bonchev–Trinajstić information content (AvgIpc) is 3.07. The van der Waals surface area contributed by atoms with Crippen molar-refractivity contribution in [3.8, 4) is 5.75 Å². The van der Waals surface area contributed by atoms with Crippen molar-refractivity contribution in [2.24, 2.45) is 0 Å². The lowest BCUT2D eigenvalue weighted by Gasteiger charge is -2.31. The number of nitrogens with zero attached hydrogens (tertiary/aromatic N) is 1. The van der Waals surface area contributed by atoms with Gasteiger partial charge in [0.25, 0.3) is 5.91 Å². The fourth-order valence-corrected chi connectivity index (χ4v) is 5.02. The van der Waals surface area contributed by atoms with Crippen LogP contribution in [0.25, 0.3) is 0 Å². The van der Waals surface area contributed by atoms with Gasteiger partial charge in [0.1, 0.15) is 23.4 Å². The molecule has 2 saturated heterocycles. The van der Waals surface area contributed by atoms with Gasteiger partial charge < -0.3 is 13.9 Å². The van der Waals surface area contributed by atoms with Gasteiger partial charge in [-0.2, -0.15) is 0 Å². The maximum absolute atomic E-state index is 12.8. The highest BCUT2D eigenvalue weighted by atomic mass is 32.2. The highest BCUT2D eigenvalue weighted by Gasteiger charge is 2.28. The SMILES string of the molecule is Cc1oc(C)c(C(=O)NOC2CCCCO2)c1SN1CCC(Oc2ccccc2)CC1. The largest absolute Gasteiger partial charge is 0.490 e. The Labute approximate surface area is 187 Å². The van der Waals surface area contributed by atoms with Crippen LogP contribution in [0.1, 0.15) is 54.0 Å². The number of carbonyl (C=O) groups excluding carboxylic acids is 1. The van der Waals surface area contributed by atoms with Crippen molar-refractivity contribution in [2.75, 3.05) is 19.7 Å². The number of carbonyl (C=O) groups is 1. The van der Waals surface area contributed by atoms with E-state index in [4.69, 9.17) is 18.7 Å². The molecule has 1 N–H and O–H groups in total. The van der Waals surface area contributed by atoms with Crippen molar-refractivity contribution in [1.29, 1.82) is 0 Å². The Balaban J connectivity index is 1.33. The van der Waals surface area contributed by atoms with Crippen molar-refractivity contribution in [2.45, 2.75) is 63.2 Å². The molecule has 2 aromatic rings. The minimum atomic E-state index is -0.384. The van der Waals surface area contributed by atoms with Crippen LogP contribution in [0.2, 0.25) is 0 Å². The average molecular weight is 447 g/mol. The molecular formula is C23H30N2O5S. The van der Waals surface area contributed by atoms with E-state index in [1.165, 1.54) is 0 Å². The van der Waals surface area contributed by atoms with E-state index in [2.05, 4.69) is 9.79 Å². The van der Waals surface area contributed by atoms with Gasteiger partial charge in [-0.3, -0.25) is 4.79 Å². The molecule has 0 spiro atoms. The number of hydrogen-bond acceptors (Lipinski definition) is 7. The van der Waals surface area contributed by atoms with Gasteiger partial charge in [-0.15, -0.1) is 0 Å². The molecule has 8 heteroatoms. The van der Waals surface area contributed by atoms with Crippen LogP contribution in [0, 0.1) is 13.8 Å². The molecule has 3 heterocycles. The van der Waals surface area contributed by atoms with Crippen LogP contribution in [0.5, 0.6) is 5.75 Å². The topological polar surface area (TPSA) is 73.2 Å². The summed E-state index contributed by atoms with van der Waals surface area (Å²) in [5.74, 6) is 1.95. The van der Waals surface area contributed by atoms with Gasteiger partial charge in [-0.25, -0.2) is 14.6 Å². The van der Waals surface area contributed by atoms with Gasteiger partial charge >= 0.3 is 0 Å². The maximum Gasteiger partial charge on any atom is 0.279 e. The molecule has 0 bridgehead atoms. The van der Waals surface area contributed by atoms with E-state index in [0.29, 0.717) is 17.9 Å². The number of aryl methyl sites for hydroxylation is 2. The van der Waals surface area contributed by atoms with Crippen molar-refractivity contribution in [1.82, 2.24) is 9.79 Å². The van der Waals surface area contributed by atoms with Gasteiger partial charge in [-0.05, 0) is 63.6 Å². The van der Waals surface area contributed by atoms with E-state index >= 15 is 0 Å². The van der Waals surface area contributed by atoms with Gasteiger partial charge in [0, 0.05) is 26.1 Å². The fraction of sp³-hybridized carbons (Fsp3) is 0.522. The predicted octanol–water partition coefficient (Wildman–Crippen LogP) is 4.63. The molecule has 2 fully saturated rings. The Morgan fingerprint density at radius 3 is 2.58 bits per heavy atom. The standard InChI is InChI=1S/C23H30N2O5S/c1-16-21(23(26)24-30-20-10-6-7-15-27-20)22(17(2)28-16)31-25-13-11-19(12-14-25)29-18-8-4-3-5-9-18/h3-5,8-9,19-20H,6-7,10-15H2,1-2H3,(H,24,26). The van der Waals surface area contributed by atoms with E-state index in [1.54, 1.807) is 11.9 Å². The molecule has 1 amide bonds. The molecule has 1 aromatic carbocycles. The van der Waals surface area contributed by atoms with Crippen LogP contribution in [-0.4, -0.2) is 42.3 Å². The highest BCUT2D eigenvalue weighted by molar-refractivity contribution is 7.97. The first-order valence-corrected chi connectivity index (χ1v) is 11.7. The number of piperidine rings is 1. The van der Waals surface area contributed by atoms with E-state index in [1.807, 2.05) is 44.2 Å². The number of amides is 1. The first kappa shape index (κ1) is 22.2. The third-order valence-electron chi connectivity index (χ3n) is 5.52. The summed E-state index contributed by atoms with van der Waals surface area (Å²) in [7, 11) is 0. The first-order valence-electron chi connectivity index (χ1n) is 10.9. The molecule has 0 radical (unpaired) electrons. The Kier molecular flexibility index (Phi) is 7.55. The van der Waals surface area contributed by atoms with Crippen LogP contribution in [0.4, 0.5) is 0 Å². The van der Waals surface area contributed by atoms with E-state index in [-0.39, 0.29) is 18.3 Å². The third kappa shape index (κ3) is 5.83. The molecule has 168 valence electrons. The zero-order valence-corrected chi connectivity index (χ0v) is 18.9. The number of rotatable bonds is 7. The summed E-state index contributed by atoms with van der Waals surface area (Å²) in [6.45, 7) is 6.11. The second-order valence-corrected chi connectivity index (χ2v) is 9.02. The van der Waals surface area contributed by atoms with Crippen LogP contribution >= 0.6 is 11.9 Å². The normalized spacial score (nSPS) is 20.5. The number of ether oxygens (including phenoxy) is 2.